The Hall–Kier alpha value is -1.43. The van der Waals surface area contributed by atoms with Crippen molar-refractivity contribution in [2.75, 3.05) is 18.8 Å². The van der Waals surface area contributed by atoms with Crippen LogP contribution in [0, 0.1) is 6.92 Å². The zero-order valence-electron chi connectivity index (χ0n) is 14.0. The van der Waals surface area contributed by atoms with E-state index in [0.29, 0.717) is 5.88 Å². The number of urea groups is 1. The summed E-state index contributed by atoms with van der Waals surface area (Å²) in [4.78, 5) is 18.5. The SMILES string of the molecule is Cc1ccnc(OC2CCN(C(=O)NC3CSC3(C)C)CC2)c1. The summed E-state index contributed by atoms with van der Waals surface area (Å²) in [7, 11) is 0. The van der Waals surface area contributed by atoms with Gasteiger partial charge in [0.15, 0.2) is 0 Å². The largest absolute Gasteiger partial charge is 0.474 e. The molecular weight excluding hydrogens is 310 g/mol. The minimum Gasteiger partial charge on any atom is -0.474 e. The number of carbonyl (C=O) groups is 1. The smallest absolute Gasteiger partial charge is 0.317 e. The summed E-state index contributed by atoms with van der Waals surface area (Å²) >= 11 is 1.90. The van der Waals surface area contributed by atoms with Gasteiger partial charge in [0.2, 0.25) is 5.88 Å². The molecule has 0 radical (unpaired) electrons. The monoisotopic (exact) mass is 335 g/mol. The van der Waals surface area contributed by atoms with Crippen LogP contribution in [0.15, 0.2) is 18.3 Å². The van der Waals surface area contributed by atoms with Crippen molar-refractivity contribution in [2.45, 2.75) is 50.5 Å². The Morgan fingerprint density at radius 2 is 2.17 bits per heavy atom. The van der Waals surface area contributed by atoms with Gasteiger partial charge < -0.3 is 15.0 Å². The number of carbonyl (C=O) groups excluding carboxylic acids is 1. The molecular formula is C17H25N3O2S. The van der Waals surface area contributed by atoms with Crippen molar-refractivity contribution in [3.8, 4) is 5.88 Å². The second-order valence-electron chi connectivity index (χ2n) is 6.89. The summed E-state index contributed by atoms with van der Waals surface area (Å²) in [6.45, 7) is 7.87. The first-order valence-corrected chi connectivity index (χ1v) is 9.21. The topological polar surface area (TPSA) is 54.5 Å². The van der Waals surface area contributed by atoms with E-state index in [1.807, 2.05) is 35.7 Å². The highest BCUT2D eigenvalue weighted by Gasteiger charge is 2.41. The first kappa shape index (κ1) is 16.4. The summed E-state index contributed by atoms with van der Waals surface area (Å²) < 4.78 is 6.10. The Bertz CT molecular complexity index is 571. The summed E-state index contributed by atoms with van der Waals surface area (Å²) in [5.41, 5.74) is 1.15. The first-order valence-electron chi connectivity index (χ1n) is 8.23. The van der Waals surface area contributed by atoms with E-state index in [-0.39, 0.29) is 22.9 Å². The van der Waals surface area contributed by atoms with E-state index in [0.717, 1.165) is 37.2 Å². The van der Waals surface area contributed by atoms with Gasteiger partial charge in [0, 0.05) is 48.7 Å². The number of nitrogens with one attached hydrogen (secondary N) is 1. The number of piperidine rings is 1. The van der Waals surface area contributed by atoms with Crippen LogP contribution in [0.25, 0.3) is 0 Å². The molecule has 1 atom stereocenters. The van der Waals surface area contributed by atoms with Crippen molar-refractivity contribution in [1.29, 1.82) is 0 Å². The van der Waals surface area contributed by atoms with Gasteiger partial charge in [-0.1, -0.05) is 0 Å². The number of amides is 2. The zero-order chi connectivity index (χ0) is 16.4. The molecule has 2 amide bonds. The number of likely N-dealkylation sites (tertiary alicyclic amines) is 1. The third-order valence-electron chi connectivity index (χ3n) is 4.67. The van der Waals surface area contributed by atoms with Gasteiger partial charge in [0.1, 0.15) is 6.10 Å². The molecule has 1 unspecified atom stereocenters. The Labute approximate surface area is 142 Å². The normalized spacial score (nSPS) is 24.0. The van der Waals surface area contributed by atoms with Gasteiger partial charge >= 0.3 is 6.03 Å². The summed E-state index contributed by atoms with van der Waals surface area (Å²) in [5, 5.41) is 3.16. The highest BCUT2D eigenvalue weighted by atomic mass is 32.2. The van der Waals surface area contributed by atoms with E-state index in [1.165, 1.54) is 0 Å². The van der Waals surface area contributed by atoms with Crippen molar-refractivity contribution in [3.63, 3.8) is 0 Å². The maximum atomic E-state index is 12.4. The molecule has 5 nitrogen and oxygen atoms in total. The van der Waals surface area contributed by atoms with Gasteiger partial charge in [0.05, 0.1) is 6.04 Å². The van der Waals surface area contributed by atoms with Gasteiger partial charge in [-0.15, -0.1) is 0 Å². The molecule has 0 bridgehead atoms. The molecule has 1 aromatic rings. The van der Waals surface area contributed by atoms with Crippen molar-refractivity contribution in [1.82, 2.24) is 15.2 Å². The predicted molar refractivity (Wildman–Crippen MR) is 93.1 cm³/mol. The Balaban J connectivity index is 1.45. The fourth-order valence-electron chi connectivity index (χ4n) is 2.88. The molecule has 0 saturated carbocycles. The lowest BCUT2D eigenvalue weighted by Gasteiger charge is -2.45. The van der Waals surface area contributed by atoms with Crippen LogP contribution in [0.2, 0.25) is 0 Å². The zero-order valence-corrected chi connectivity index (χ0v) is 14.9. The Morgan fingerprint density at radius 3 is 2.74 bits per heavy atom. The third kappa shape index (κ3) is 3.91. The maximum Gasteiger partial charge on any atom is 0.317 e. The van der Waals surface area contributed by atoms with Crippen LogP contribution in [0.5, 0.6) is 5.88 Å². The quantitative estimate of drug-likeness (QED) is 0.923. The lowest BCUT2D eigenvalue weighted by molar-refractivity contribution is 0.106. The number of ether oxygens (including phenoxy) is 1. The van der Waals surface area contributed by atoms with Crippen LogP contribution < -0.4 is 10.1 Å². The van der Waals surface area contributed by atoms with E-state index in [9.17, 15) is 4.79 Å². The van der Waals surface area contributed by atoms with Crippen LogP contribution in [-0.2, 0) is 0 Å². The van der Waals surface area contributed by atoms with E-state index < -0.39 is 0 Å². The van der Waals surface area contributed by atoms with Crippen molar-refractivity contribution >= 4 is 17.8 Å². The maximum absolute atomic E-state index is 12.4. The molecule has 3 heterocycles. The molecule has 126 valence electrons. The molecule has 2 aliphatic rings. The van der Waals surface area contributed by atoms with Crippen LogP contribution in [0.1, 0.15) is 32.3 Å². The Kier molecular flexibility index (Phi) is 4.71. The molecule has 2 fully saturated rings. The molecule has 0 spiro atoms. The number of rotatable bonds is 3. The number of aryl methyl sites for hydroxylation is 1. The minimum atomic E-state index is 0.0653. The second kappa shape index (κ2) is 6.59. The van der Waals surface area contributed by atoms with Crippen molar-refractivity contribution < 1.29 is 9.53 Å². The molecule has 1 aromatic heterocycles. The van der Waals surface area contributed by atoms with Gasteiger partial charge in [-0.25, -0.2) is 9.78 Å². The van der Waals surface area contributed by atoms with Crippen LogP contribution in [-0.4, -0.2) is 51.7 Å². The van der Waals surface area contributed by atoms with Crippen molar-refractivity contribution in [3.05, 3.63) is 23.9 Å². The fourth-order valence-corrected chi connectivity index (χ4v) is 4.02. The number of pyridine rings is 1. The van der Waals surface area contributed by atoms with Gasteiger partial charge in [0.25, 0.3) is 0 Å². The molecule has 3 rings (SSSR count). The lowest BCUT2D eigenvalue weighted by atomic mass is 10.0. The molecule has 23 heavy (non-hydrogen) atoms. The van der Waals surface area contributed by atoms with E-state index >= 15 is 0 Å². The first-order chi connectivity index (χ1) is 10.9. The second-order valence-corrected chi connectivity index (χ2v) is 8.57. The van der Waals surface area contributed by atoms with Gasteiger partial charge in [-0.2, -0.15) is 11.8 Å². The van der Waals surface area contributed by atoms with Crippen LogP contribution in [0.3, 0.4) is 0 Å². The third-order valence-corrected chi connectivity index (χ3v) is 6.19. The Morgan fingerprint density at radius 1 is 1.43 bits per heavy atom. The lowest BCUT2D eigenvalue weighted by Crippen LogP contribution is -2.59. The standard InChI is InChI=1S/C17H25N3O2S/c1-12-4-7-18-15(10-12)22-13-5-8-20(9-6-13)16(21)19-14-11-23-17(14,2)3/h4,7,10,13-14H,5-6,8-9,11H2,1-3H3,(H,19,21). The van der Waals surface area contributed by atoms with Gasteiger partial charge in [-0.05, 0) is 32.4 Å². The van der Waals surface area contributed by atoms with E-state index in [2.05, 4.69) is 24.1 Å². The highest BCUT2D eigenvalue weighted by molar-refractivity contribution is 8.02. The molecule has 6 heteroatoms. The number of thioether (sulfide) groups is 1. The van der Waals surface area contributed by atoms with Crippen LogP contribution in [0.4, 0.5) is 4.79 Å². The number of nitrogens with zero attached hydrogens (tertiary/aromatic N) is 2. The minimum absolute atomic E-state index is 0.0653. The number of hydrogen-bond donors (Lipinski definition) is 1. The number of aromatic nitrogens is 1. The average Bonchev–Trinajstić information content (AvgIpc) is 2.52. The fraction of sp³-hybridized carbons (Fsp3) is 0.647. The van der Waals surface area contributed by atoms with E-state index in [4.69, 9.17) is 4.74 Å². The van der Waals surface area contributed by atoms with Gasteiger partial charge in [-0.3, -0.25) is 0 Å². The summed E-state index contributed by atoms with van der Waals surface area (Å²) in [5.74, 6) is 1.69. The molecule has 0 aliphatic carbocycles. The average molecular weight is 335 g/mol. The highest BCUT2D eigenvalue weighted by Crippen LogP contribution is 2.39. The molecule has 2 saturated heterocycles. The van der Waals surface area contributed by atoms with E-state index in [1.54, 1.807) is 6.20 Å². The summed E-state index contributed by atoms with van der Waals surface area (Å²) in [6.07, 6.45) is 3.62. The van der Waals surface area contributed by atoms with Crippen molar-refractivity contribution in [2.24, 2.45) is 0 Å². The number of hydrogen-bond acceptors (Lipinski definition) is 4. The predicted octanol–water partition coefficient (Wildman–Crippen LogP) is 2.84. The molecule has 2 aliphatic heterocycles. The van der Waals surface area contributed by atoms with Crippen LogP contribution >= 0.6 is 11.8 Å². The summed E-state index contributed by atoms with van der Waals surface area (Å²) in [6, 6.07) is 4.26. The molecule has 1 N–H and O–H groups in total. The molecule has 0 aromatic carbocycles.